The maximum absolute atomic E-state index is 12.5. The molecule has 0 saturated heterocycles. The Hall–Kier alpha value is -2.89. The normalized spacial score (nSPS) is 14.9. The van der Waals surface area contributed by atoms with E-state index >= 15 is 0 Å². The van der Waals surface area contributed by atoms with Gasteiger partial charge in [-0.05, 0) is 36.6 Å². The van der Waals surface area contributed by atoms with Crippen LogP contribution in [0.3, 0.4) is 0 Å². The average Bonchev–Trinajstić information content (AvgIpc) is 3.17. The molecule has 0 atom stereocenters. The second-order valence-corrected chi connectivity index (χ2v) is 7.46. The van der Waals surface area contributed by atoms with Crippen molar-refractivity contribution in [2.24, 2.45) is 5.92 Å². The fraction of sp³-hybridized carbons (Fsp3) is 0.409. The monoisotopic (exact) mass is 378 g/mol. The molecule has 4 rings (SSSR count). The first-order chi connectivity index (χ1) is 13.7. The Bertz CT molecular complexity index is 927. The highest BCUT2D eigenvalue weighted by Gasteiger charge is 2.16. The van der Waals surface area contributed by atoms with Crippen LogP contribution in [0.2, 0.25) is 0 Å². The molecule has 0 aliphatic heterocycles. The van der Waals surface area contributed by atoms with Crippen molar-refractivity contribution >= 4 is 17.4 Å². The van der Waals surface area contributed by atoms with Crippen LogP contribution in [0.1, 0.15) is 44.9 Å². The van der Waals surface area contributed by atoms with Crippen LogP contribution >= 0.6 is 0 Å². The number of hydrogen-bond donors (Lipinski definition) is 1. The van der Waals surface area contributed by atoms with Gasteiger partial charge in [-0.15, -0.1) is 0 Å². The zero-order valence-corrected chi connectivity index (χ0v) is 16.2. The maximum atomic E-state index is 12.5. The summed E-state index contributed by atoms with van der Waals surface area (Å²) in [5, 5.41) is 3.03. The largest absolute Gasteiger partial charge is 0.495 e. The van der Waals surface area contributed by atoms with E-state index in [9.17, 15) is 4.79 Å². The Morgan fingerprint density at radius 2 is 2.14 bits per heavy atom. The lowest BCUT2D eigenvalue weighted by Gasteiger charge is -2.21. The summed E-state index contributed by atoms with van der Waals surface area (Å²) in [6, 6.07) is 7.59. The first-order valence-electron chi connectivity index (χ1n) is 10.0. The van der Waals surface area contributed by atoms with E-state index < -0.39 is 0 Å². The van der Waals surface area contributed by atoms with Gasteiger partial charge in [-0.2, -0.15) is 0 Å². The van der Waals surface area contributed by atoms with Crippen molar-refractivity contribution in [2.45, 2.75) is 44.9 Å². The Kier molecular flexibility index (Phi) is 5.55. The van der Waals surface area contributed by atoms with Crippen LogP contribution in [-0.4, -0.2) is 27.4 Å². The molecule has 146 valence electrons. The summed E-state index contributed by atoms with van der Waals surface area (Å²) in [4.78, 5) is 21.3. The Balaban J connectivity index is 1.49. The highest BCUT2D eigenvalue weighted by molar-refractivity contribution is 5.93. The van der Waals surface area contributed by atoms with E-state index in [2.05, 4.69) is 15.3 Å². The molecule has 0 spiro atoms. The van der Waals surface area contributed by atoms with Gasteiger partial charge in [-0.25, -0.2) is 9.97 Å². The molecular weight excluding hydrogens is 352 g/mol. The van der Waals surface area contributed by atoms with Gasteiger partial charge in [0.15, 0.2) is 0 Å². The number of anilines is 1. The van der Waals surface area contributed by atoms with Crippen LogP contribution in [-0.2, 0) is 4.79 Å². The Labute approximate surface area is 165 Å². The number of benzene rings is 1. The van der Waals surface area contributed by atoms with Crippen molar-refractivity contribution in [1.82, 2.24) is 14.4 Å². The van der Waals surface area contributed by atoms with Crippen LogP contribution in [0.4, 0.5) is 5.69 Å². The Morgan fingerprint density at radius 3 is 2.93 bits per heavy atom. The molecule has 1 aliphatic carbocycles. The smallest absolute Gasteiger partial charge is 0.234 e. The molecule has 1 aliphatic rings. The summed E-state index contributed by atoms with van der Waals surface area (Å²) in [6.45, 7) is 0. The molecule has 1 fully saturated rings. The van der Waals surface area contributed by atoms with Gasteiger partial charge in [0.1, 0.15) is 5.75 Å². The lowest BCUT2D eigenvalue weighted by atomic mass is 9.86. The third-order valence-electron chi connectivity index (χ3n) is 5.51. The lowest BCUT2D eigenvalue weighted by Crippen LogP contribution is -2.15. The summed E-state index contributed by atoms with van der Waals surface area (Å²) in [5.74, 6) is 2.03. The minimum Gasteiger partial charge on any atom is -0.495 e. The van der Waals surface area contributed by atoms with Crippen LogP contribution in [0, 0.1) is 5.92 Å². The van der Waals surface area contributed by atoms with Crippen molar-refractivity contribution in [3.05, 3.63) is 42.9 Å². The maximum Gasteiger partial charge on any atom is 0.234 e. The number of rotatable bonds is 6. The number of fused-ring (bicyclic) bond motifs is 1. The zero-order valence-electron chi connectivity index (χ0n) is 16.2. The van der Waals surface area contributed by atoms with Gasteiger partial charge in [0.2, 0.25) is 11.7 Å². The van der Waals surface area contributed by atoms with E-state index in [1.54, 1.807) is 13.3 Å². The van der Waals surface area contributed by atoms with Crippen LogP contribution in [0.25, 0.3) is 17.0 Å². The first kappa shape index (κ1) is 18.5. The number of methoxy groups -OCH3 is 1. The van der Waals surface area contributed by atoms with Gasteiger partial charge in [-0.3, -0.25) is 9.20 Å². The molecule has 1 saturated carbocycles. The number of nitrogens with zero attached hydrogens (tertiary/aromatic N) is 3. The molecule has 0 unspecified atom stereocenters. The van der Waals surface area contributed by atoms with Crippen LogP contribution < -0.4 is 10.1 Å². The number of ether oxygens (including phenoxy) is 1. The summed E-state index contributed by atoms with van der Waals surface area (Å²) in [6.07, 6.45) is 13.5. The zero-order chi connectivity index (χ0) is 19.3. The van der Waals surface area contributed by atoms with E-state index in [1.807, 2.05) is 41.1 Å². The standard InChI is InChI=1S/C22H26N4O2/c1-28-20-10-9-17(19-15-26-13-5-12-23-22(26)25-19)14-18(20)24-21(27)11-8-16-6-3-2-4-7-16/h5,9-10,12-16H,2-4,6-8,11H2,1H3,(H,24,27). The lowest BCUT2D eigenvalue weighted by molar-refractivity contribution is -0.116. The molecule has 6 heteroatoms. The number of carbonyl (C=O) groups is 1. The second-order valence-electron chi connectivity index (χ2n) is 7.46. The fourth-order valence-corrected chi connectivity index (χ4v) is 3.96. The molecule has 2 aromatic heterocycles. The predicted octanol–water partition coefficient (Wildman–Crippen LogP) is 4.70. The highest BCUT2D eigenvalue weighted by atomic mass is 16.5. The van der Waals surface area contributed by atoms with E-state index in [0.717, 1.165) is 17.7 Å². The number of carbonyl (C=O) groups excluding carboxylic acids is 1. The van der Waals surface area contributed by atoms with E-state index in [1.165, 1.54) is 32.1 Å². The van der Waals surface area contributed by atoms with Crippen molar-refractivity contribution < 1.29 is 9.53 Å². The van der Waals surface area contributed by atoms with Gasteiger partial charge < -0.3 is 10.1 Å². The van der Waals surface area contributed by atoms with Gasteiger partial charge in [-0.1, -0.05) is 32.1 Å². The number of amides is 1. The molecule has 2 heterocycles. The van der Waals surface area contributed by atoms with Crippen LogP contribution in [0.5, 0.6) is 5.75 Å². The number of imidazole rings is 1. The van der Waals surface area contributed by atoms with Crippen molar-refractivity contribution in [1.29, 1.82) is 0 Å². The minimum absolute atomic E-state index is 0.0395. The van der Waals surface area contributed by atoms with Crippen molar-refractivity contribution in [2.75, 3.05) is 12.4 Å². The molecule has 0 bridgehead atoms. The molecule has 1 N–H and O–H groups in total. The summed E-state index contributed by atoms with van der Waals surface area (Å²) >= 11 is 0. The minimum atomic E-state index is 0.0395. The van der Waals surface area contributed by atoms with Crippen molar-refractivity contribution in [3.8, 4) is 17.0 Å². The summed E-state index contributed by atoms with van der Waals surface area (Å²) in [5.41, 5.74) is 2.39. The predicted molar refractivity (Wildman–Crippen MR) is 109 cm³/mol. The SMILES string of the molecule is COc1ccc(-c2cn3cccnc3n2)cc1NC(=O)CCC1CCCCC1. The molecular formula is C22H26N4O2. The highest BCUT2D eigenvalue weighted by Crippen LogP contribution is 2.31. The summed E-state index contributed by atoms with van der Waals surface area (Å²) in [7, 11) is 1.61. The van der Waals surface area contributed by atoms with E-state index in [-0.39, 0.29) is 5.91 Å². The fourth-order valence-electron chi connectivity index (χ4n) is 3.96. The first-order valence-corrected chi connectivity index (χ1v) is 10.0. The third kappa shape index (κ3) is 4.16. The van der Waals surface area contributed by atoms with E-state index in [4.69, 9.17) is 4.74 Å². The van der Waals surface area contributed by atoms with Gasteiger partial charge in [0.25, 0.3) is 0 Å². The van der Waals surface area contributed by atoms with Gasteiger partial charge in [0.05, 0.1) is 18.5 Å². The average molecular weight is 378 g/mol. The Morgan fingerprint density at radius 1 is 1.29 bits per heavy atom. The van der Waals surface area contributed by atoms with Crippen molar-refractivity contribution in [3.63, 3.8) is 0 Å². The molecule has 1 aromatic carbocycles. The summed E-state index contributed by atoms with van der Waals surface area (Å²) < 4.78 is 7.31. The van der Waals surface area contributed by atoms with Gasteiger partial charge >= 0.3 is 0 Å². The second kappa shape index (κ2) is 8.42. The molecule has 6 nitrogen and oxygen atoms in total. The van der Waals surface area contributed by atoms with Crippen LogP contribution in [0.15, 0.2) is 42.9 Å². The number of aromatic nitrogens is 3. The number of nitrogens with one attached hydrogen (secondary N) is 1. The third-order valence-corrected chi connectivity index (χ3v) is 5.51. The molecule has 0 radical (unpaired) electrons. The molecule has 1 amide bonds. The quantitative estimate of drug-likeness (QED) is 0.675. The number of hydrogen-bond acceptors (Lipinski definition) is 4. The van der Waals surface area contributed by atoms with E-state index in [0.29, 0.717) is 29.6 Å². The van der Waals surface area contributed by atoms with Gasteiger partial charge in [0, 0.05) is 30.6 Å². The topological polar surface area (TPSA) is 68.5 Å². The molecule has 28 heavy (non-hydrogen) atoms. The molecule has 3 aromatic rings.